The lowest BCUT2D eigenvalue weighted by Crippen LogP contribution is -2.53. The normalized spacial score (nSPS) is 14.4. The van der Waals surface area contributed by atoms with E-state index < -0.39 is 5.54 Å². The molecular weight excluding hydrogens is 264 g/mol. The zero-order valence-corrected chi connectivity index (χ0v) is 13.0. The first-order valence-corrected chi connectivity index (χ1v) is 7.20. The van der Waals surface area contributed by atoms with Crippen molar-refractivity contribution in [3.05, 3.63) is 6.33 Å². The standard InChI is InChI=1S/C12H22N4O2S/c1-9(2)15-12(3,10(17)18-5)6-7-19-11-13-8-14-16(11)4/h8-9,15H,6-7H2,1-5H3. The molecule has 1 atom stereocenters. The second-order valence-corrected chi connectivity index (χ2v) is 5.95. The molecule has 0 aliphatic heterocycles. The van der Waals surface area contributed by atoms with Gasteiger partial charge in [0.15, 0.2) is 5.16 Å². The predicted octanol–water partition coefficient (Wildman–Crippen LogP) is 1.23. The Morgan fingerprint density at radius 1 is 1.63 bits per heavy atom. The van der Waals surface area contributed by atoms with Crippen LogP contribution in [0.3, 0.4) is 0 Å². The Morgan fingerprint density at radius 2 is 2.32 bits per heavy atom. The Kier molecular flexibility index (Phi) is 5.81. The van der Waals surface area contributed by atoms with Crippen LogP contribution < -0.4 is 5.32 Å². The molecule has 7 heteroatoms. The molecule has 0 fully saturated rings. The van der Waals surface area contributed by atoms with Crippen molar-refractivity contribution in [3.63, 3.8) is 0 Å². The molecule has 0 radical (unpaired) electrons. The Labute approximate surface area is 118 Å². The predicted molar refractivity (Wildman–Crippen MR) is 75.0 cm³/mol. The third kappa shape index (κ3) is 4.50. The van der Waals surface area contributed by atoms with Crippen LogP contribution in [0.2, 0.25) is 0 Å². The van der Waals surface area contributed by atoms with E-state index in [-0.39, 0.29) is 12.0 Å². The second kappa shape index (κ2) is 6.91. The van der Waals surface area contributed by atoms with Gasteiger partial charge in [0.25, 0.3) is 0 Å². The molecule has 0 bridgehead atoms. The van der Waals surface area contributed by atoms with Gasteiger partial charge in [-0.15, -0.1) is 0 Å². The number of carbonyl (C=O) groups is 1. The minimum Gasteiger partial charge on any atom is -0.468 e. The van der Waals surface area contributed by atoms with Crippen LogP contribution in [0.4, 0.5) is 0 Å². The highest BCUT2D eigenvalue weighted by molar-refractivity contribution is 7.99. The summed E-state index contributed by atoms with van der Waals surface area (Å²) in [5.74, 6) is 0.525. The highest BCUT2D eigenvalue weighted by atomic mass is 32.2. The number of methoxy groups -OCH3 is 1. The van der Waals surface area contributed by atoms with Crippen LogP contribution in [0, 0.1) is 0 Å². The Morgan fingerprint density at radius 3 is 2.79 bits per heavy atom. The molecule has 0 aliphatic rings. The smallest absolute Gasteiger partial charge is 0.325 e. The highest BCUT2D eigenvalue weighted by Crippen LogP contribution is 2.21. The third-order valence-electron chi connectivity index (χ3n) is 2.75. The number of rotatable bonds is 7. The van der Waals surface area contributed by atoms with Crippen molar-refractivity contribution in [1.82, 2.24) is 20.1 Å². The number of hydrogen-bond acceptors (Lipinski definition) is 6. The quantitative estimate of drug-likeness (QED) is 0.600. The first kappa shape index (κ1) is 16.0. The maximum atomic E-state index is 11.9. The molecule has 1 rings (SSSR count). The van der Waals surface area contributed by atoms with Crippen molar-refractivity contribution in [2.45, 2.75) is 43.9 Å². The summed E-state index contributed by atoms with van der Waals surface area (Å²) in [6.45, 7) is 5.89. The summed E-state index contributed by atoms with van der Waals surface area (Å²) in [6, 6.07) is 0.212. The van der Waals surface area contributed by atoms with Crippen molar-refractivity contribution in [1.29, 1.82) is 0 Å². The number of hydrogen-bond donors (Lipinski definition) is 1. The summed E-state index contributed by atoms with van der Waals surface area (Å²) in [5, 5.41) is 8.12. The van der Waals surface area contributed by atoms with Crippen molar-refractivity contribution in [2.75, 3.05) is 12.9 Å². The van der Waals surface area contributed by atoms with Gasteiger partial charge in [-0.25, -0.2) is 9.67 Å². The Hall–Kier alpha value is -1.08. The molecule has 1 unspecified atom stereocenters. The molecule has 0 saturated heterocycles. The van der Waals surface area contributed by atoms with Crippen LogP contribution in [0.1, 0.15) is 27.2 Å². The molecule has 0 amide bonds. The average molecular weight is 286 g/mol. The minimum atomic E-state index is -0.672. The largest absolute Gasteiger partial charge is 0.468 e. The number of nitrogens with one attached hydrogen (secondary N) is 1. The molecular formula is C12H22N4O2S. The van der Waals surface area contributed by atoms with Gasteiger partial charge < -0.3 is 4.74 Å². The SMILES string of the molecule is COC(=O)C(C)(CCSc1ncnn1C)NC(C)C. The summed E-state index contributed by atoms with van der Waals surface area (Å²) in [4.78, 5) is 16.0. The minimum absolute atomic E-state index is 0.212. The summed E-state index contributed by atoms with van der Waals surface area (Å²) in [5.41, 5.74) is -0.672. The molecule has 19 heavy (non-hydrogen) atoms. The highest BCUT2D eigenvalue weighted by Gasteiger charge is 2.34. The fourth-order valence-electron chi connectivity index (χ4n) is 1.86. The third-order valence-corrected chi connectivity index (χ3v) is 3.78. The number of ether oxygens (including phenoxy) is 1. The van der Waals surface area contributed by atoms with Gasteiger partial charge in [-0.3, -0.25) is 10.1 Å². The van der Waals surface area contributed by atoms with E-state index in [1.54, 1.807) is 16.4 Å². The Balaban J connectivity index is 2.58. The molecule has 6 nitrogen and oxygen atoms in total. The number of aryl methyl sites for hydroxylation is 1. The van der Waals surface area contributed by atoms with E-state index in [2.05, 4.69) is 15.4 Å². The zero-order chi connectivity index (χ0) is 14.5. The lowest BCUT2D eigenvalue weighted by Gasteiger charge is -2.30. The molecule has 1 heterocycles. The van der Waals surface area contributed by atoms with Crippen molar-refractivity contribution in [3.8, 4) is 0 Å². The molecule has 0 spiro atoms. The molecule has 1 aromatic rings. The van der Waals surface area contributed by atoms with Crippen molar-refractivity contribution >= 4 is 17.7 Å². The molecule has 0 aliphatic carbocycles. The lowest BCUT2D eigenvalue weighted by atomic mass is 9.98. The summed E-state index contributed by atoms with van der Waals surface area (Å²) in [6.07, 6.45) is 2.18. The van der Waals surface area contributed by atoms with E-state index >= 15 is 0 Å². The van der Waals surface area contributed by atoms with Crippen molar-refractivity contribution < 1.29 is 9.53 Å². The van der Waals surface area contributed by atoms with Crippen molar-refractivity contribution in [2.24, 2.45) is 7.05 Å². The number of esters is 1. The molecule has 0 aromatic carbocycles. The van der Waals surface area contributed by atoms with E-state index in [4.69, 9.17) is 4.74 Å². The number of carbonyl (C=O) groups excluding carboxylic acids is 1. The van der Waals surface area contributed by atoms with Crippen LogP contribution in [0.25, 0.3) is 0 Å². The Bertz CT molecular complexity index is 422. The van der Waals surface area contributed by atoms with Gasteiger partial charge in [0, 0.05) is 18.8 Å². The number of nitrogens with zero attached hydrogens (tertiary/aromatic N) is 3. The number of aromatic nitrogens is 3. The molecule has 1 aromatic heterocycles. The van der Waals surface area contributed by atoms with Gasteiger partial charge in [-0.1, -0.05) is 11.8 Å². The van der Waals surface area contributed by atoms with Crippen LogP contribution in [0.15, 0.2) is 11.5 Å². The van der Waals surface area contributed by atoms with E-state index in [0.29, 0.717) is 6.42 Å². The van der Waals surface area contributed by atoms with Crippen LogP contribution in [-0.2, 0) is 16.6 Å². The van der Waals surface area contributed by atoms with E-state index in [1.807, 2.05) is 27.8 Å². The summed E-state index contributed by atoms with van der Waals surface area (Å²) >= 11 is 1.58. The van der Waals surface area contributed by atoms with Gasteiger partial charge in [-0.2, -0.15) is 5.10 Å². The molecule has 0 saturated carbocycles. The molecule has 1 N–H and O–H groups in total. The maximum absolute atomic E-state index is 11.9. The van der Waals surface area contributed by atoms with E-state index in [1.165, 1.54) is 13.4 Å². The molecule has 108 valence electrons. The summed E-state index contributed by atoms with van der Waals surface area (Å²) < 4.78 is 6.60. The van der Waals surface area contributed by atoms with Gasteiger partial charge in [-0.05, 0) is 27.2 Å². The first-order chi connectivity index (χ1) is 8.89. The van der Waals surface area contributed by atoms with E-state index in [9.17, 15) is 4.79 Å². The second-order valence-electron chi connectivity index (χ2n) is 4.89. The topological polar surface area (TPSA) is 69.0 Å². The first-order valence-electron chi connectivity index (χ1n) is 6.22. The lowest BCUT2D eigenvalue weighted by molar-refractivity contribution is -0.148. The van der Waals surface area contributed by atoms with E-state index in [0.717, 1.165) is 10.9 Å². The van der Waals surface area contributed by atoms with Gasteiger partial charge in [0.2, 0.25) is 0 Å². The monoisotopic (exact) mass is 286 g/mol. The van der Waals surface area contributed by atoms with Crippen LogP contribution in [-0.4, -0.2) is 45.2 Å². The average Bonchev–Trinajstić information content (AvgIpc) is 2.73. The fraction of sp³-hybridized carbons (Fsp3) is 0.750. The van der Waals surface area contributed by atoms with Gasteiger partial charge in [0.05, 0.1) is 7.11 Å². The van der Waals surface area contributed by atoms with Crippen LogP contribution in [0.5, 0.6) is 0 Å². The zero-order valence-electron chi connectivity index (χ0n) is 12.1. The maximum Gasteiger partial charge on any atom is 0.325 e. The van der Waals surface area contributed by atoms with Crippen LogP contribution >= 0.6 is 11.8 Å². The number of thioether (sulfide) groups is 1. The summed E-state index contributed by atoms with van der Waals surface area (Å²) in [7, 11) is 3.26. The van der Waals surface area contributed by atoms with Gasteiger partial charge in [0.1, 0.15) is 11.9 Å². The fourth-order valence-corrected chi connectivity index (χ4v) is 2.91. The van der Waals surface area contributed by atoms with Gasteiger partial charge >= 0.3 is 5.97 Å².